The van der Waals surface area contributed by atoms with E-state index in [4.69, 9.17) is 4.74 Å². The van der Waals surface area contributed by atoms with Gasteiger partial charge in [0.2, 0.25) is 5.88 Å². The molecule has 6 heteroatoms. The Morgan fingerprint density at radius 1 is 0.846 bits per heavy atom. The highest BCUT2D eigenvalue weighted by Crippen LogP contribution is 2.16. The monoisotopic (exact) mass is 348 g/mol. The van der Waals surface area contributed by atoms with Crippen LogP contribution in [0.2, 0.25) is 0 Å². The van der Waals surface area contributed by atoms with Gasteiger partial charge in [-0.2, -0.15) is 0 Å². The van der Waals surface area contributed by atoms with Gasteiger partial charge in [-0.05, 0) is 11.6 Å². The SMILES string of the molecule is O=C(NCCOc1ccc(-c2ccccc2)nn1)NCc1ccccc1. The van der Waals surface area contributed by atoms with Crippen molar-refractivity contribution in [2.24, 2.45) is 0 Å². The zero-order valence-electron chi connectivity index (χ0n) is 14.3. The number of nitrogens with zero attached hydrogens (tertiary/aromatic N) is 2. The number of hydrogen-bond acceptors (Lipinski definition) is 4. The van der Waals surface area contributed by atoms with Crippen LogP contribution in [0.1, 0.15) is 5.56 Å². The maximum atomic E-state index is 11.7. The normalized spacial score (nSPS) is 10.2. The van der Waals surface area contributed by atoms with Gasteiger partial charge in [0.25, 0.3) is 0 Å². The highest BCUT2D eigenvalue weighted by molar-refractivity contribution is 5.73. The van der Waals surface area contributed by atoms with Gasteiger partial charge in [0.1, 0.15) is 6.61 Å². The smallest absolute Gasteiger partial charge is 0.315 e. The van der Waals surface area contributed by atoms with Gasteiger partial charge in [0.15, 0.2) is 0 Å². The number of ether oxygens (including phenoxy) is 1. The molecule has 3 rings (SSSR count). The van der Waals surface area contributed by atoms with Crippen LogP contribution in [0.15, 0.2) is 72.8 Å². The minimum Gasteiger partial charge on any atom is -0.475 e. The number of carbonyl (C=O) groups excluding carboxylic acids is 1. The lowest BCUT2D eigenvalue weighted by Gasteiger charge is -2.08. The van der Waals surface area contributed by atoms with Gasteiger partial charge in [0.05, 0.1) is 12.2 Å². The van der Waals surface area contributed by atoms with E-state index >= 15 is 0 Å². The van der Waals surface area contributed by atoms with Crippen molar-refractivity contribution >= 4 is 6.03 Å². The number of amides is 2. The number of carbonyl (C=O) groups is 1. The van der Waals surface area contributed by atoms with E-state index in [0.717, 1.165) is 16.8 Å². The Kier molecular flexibility index (Phi) is 6.14. The summed E-state index contributed by atoms with van der Waals surface area (Å²) in [6.45, 7) is 1.18. The molecule has 0 bridgehead atoms. The molecule has 132 valence electrons. The highest BCUT2D eigenvalue weighted by Gasteiger charge is 2.03. The molecule has 3 aromatic rings. The molecule has 6 nitrogen and oxygen atoms in total. The van der Waals surface area contributed by atoms with Gasteiger partial charge in [0, 0.05) is 18.2 Å². The molecule has 0 spiro atoms. The van der Waals surface area contributed by atoms with E-state index < -0.39 is 0 Å². The highest BCUT2D eigenvalue weighted by atomic mass is 16.5. The molecule has 26 heavy (non-hydrogen) atoms. The lowest BCUT2D eigenvalue weighted by molar-refractivity contribution is 0.235. The second kappa shape index (κ2) is 9.17. The maximum absolute atomic E-state index is 11.7. The molecule has 2 amide bonds. The van der Waals surface area contributed by atoms with Gasteiger partial charge in [-0.15, -0.1) is 10.2 Å². The Labute approximate surface area is 152 Å². The van der Waals surface area contributed by atoms with Crippen LogP contribution in [0.3, 0.4) is 0 Å². The topological polar surface area (TPSA) is 76.1 Å². The predicted octanol–water partition coefficient (Wildman–Crippen LogP) is 3.02. The fourth-order valence-electron chi connectivity index (χ4n) is 2.32. The van der Waals surface area contributed by atoms with Crippen LogP contribution < -0.4 is 15.4 Å². The van der Waals surface area contributed by atoms with Gasteiger partial charge < -0.3 is 15.4 Å². The zero-order valence-corrected chi connectivity index (χ0v) is 14.3. The summed E-state index contributed by atoms with van der Waals surface area (Å²) < 4.78 is 5.49. The third-order valence-corrected chi connectivity index (χ3v) is 3.64. The van der Waals surface area contributed by atoms with Crippen LogP contribution in [-0.2, 0) is 6.54 Å². The number of urea groups is 1. The molecular formula is C20H20N4O2. The van der Waals surface area contributed by atoms with E-state index in [1.165, 1.54) is 0 Å². The lowest BCUT2D eigenvalue weighted by Crippen LogP contribution is -2.37. The molecule has 2 N–H and O–H groups in total. The Balaban J connectivity index is 1.36. The first kappa shape index (κ1) is 17.4. The number of hydrogen-bond donors (Lipinski definition) is 2. The number of benzene rings is 2. The van der Waals surface area contributed by atoms with Crippen molar-refractivity contribution in [3.63, 3.8) is 0 Å². The van der Waals surface area contributed by atoms with E-state index in [-0.39, 0.29) is 6.03 Å². The van der Waals surface area contributed by atoms with Crippen LogP contribution in [0.4, 0.5) is 4.79 Å². The fourth-order valence-corrected chi connectivity index (χ4v) is 2.32. The molecular weight excluding hydrogens is 328 g/mol. The Hall–Kier alpha value is -3.41. The van der Waals surface area contributed by atoms with Crippen molar-refractivity contribution < 1.29 is 9.53 Å². The summed E-state index contributed by atoms with van der Waals surface area (Å²) in [4.78, 5) is 11.7. The molecule has 0 saturated carbocycles. The molecule has 2 aromatic carbocycles. The number of nitrogens with one attached hydrogen (secondary N) is 2. The first-order valence-corrected chi connectivity index (χ1v) is 8.39. The van der Waals surface area contributed by atoms with Crippen LogP contribution in [0.25, 0.3) is 11.3 Å². The Morgan fingerprint density at radius 3 is 2.27 bits per heavy atom. The van der Waals surface area contributed by atoms with E-state index in [1.807, 2.05) is 66.7 Å². The lowest BCUT2D eigenvalue weighted by atomic mass is 10.1. The molecule has 0 fully saturated rings. The van der Waals surface area contributed by atoms with Gasteiger partial charge >= 0.3 is 6.03 Å². The van der Waals surface area contributed by atoms with Crippen LogP contribution in [-0.4, -0.2) is 29.4 Å². The van der Waals surface area contributed by atoms with Crippen molar-refractivity contribution in [1.82, 2.24) is 20.8 Å². The standard InChI is InChI=1S/C20H20N4O2/c25-20(22-15-16-7-3-1-4-8-16)21-13-14-26-19-12-11-18(23-24-19)17-9-5-2-6-10-17/h1-12H,13-15H2,(H2,21,22,25). The van der Waals surface area contributed by atoms with E-state index in [2.05, 4.69) is 20.8 Å². The summed E-state index contributed by atoms with van der Waals surface area (Å²) in [7, 11) is 0. The summed E-state index contributed by atoms with van der Waals surface area (Å²) in [5.74, 6) is 0.427. The molecule has 0 unspecified atom stereocenters. The minimum atomic E-state index is -0.233. The summed E-state index contributed by atoms with van der Waals surface area (Å²) in [6.07, 6.45) is 0. The van der Waals surface area contributed by atoms with Gasteiger partial charge in [-0.1, -0.05) is 60.7 Å². The minimum absolute atomic E-state index is 0.233. The molecule has 1 aromatic heterocycles. The van der Waals surface area contributed by atoms with E-state index in [9.17, 15) is 4.79 Å². The van der Waals surface area contributed by atoms with Crippen molar-refractivity contribution in [3.8, 4) is 17.1 Å². The summed E-state index contributed by atoms with van der Waals surface area (Å²) in [5, 5.41) is 13.7. The number of rotatable bonds is 7. The Morgan fingerprint density at radius 2 is 1.58 bits per heavy atom. The van der Waals surface area contributed by atoms with Gasteiger partial charge in [-0.3, -0.25) is 0 Å². The van der Waals surface area contributed by atoms with Crippen molar-refractivity contribution in [3.05, 3.63) is 78.4 Å². The molecule has 0 aliphatic heterocycles. The summed E-state index contributed by atoms with van der Waals surface area (Å²) >= 11 is 0. The molecule has 0 atom stereocenters. The average molecular weight is 348 g/mol. The largest absolute Gasteiger partial charge is 0.475 e. The molecule has 1 heterocycles. The first-order chi connectivity index (χ1) is 12.8. The third kappa shape index (κ3) is 5.31. The number of aromatic nitrogens is 2. The zero-order chi connectivity index (χ0) is 18.0. The fraction of sp³-hybridized carbons (Fsp3) is 0.150. The van der Waals surface area contributed by atoms with Crippen molar-refractivity contribution in [1.29, 1.82) is 0 Å². The maximum Gasteiger partial charge on any atom is 0.315 e. The van der Waals surface area contributed by atoms with Crippen molar-refractivity contribution in [2.45, 2.75) is 6.54 Å². The first-order valence-electron chi connectivity index (χ1n) is 8.39. The summed E-state index contributed by atoms with van der Waals surface area (Å²) in [6, 6.07) is 22.9. The molecule has 0 radical (unpaired) electrons. The predicted molar refractivity (Wildman–Crippen MR) is 99.6 cm³/mol. The molecule has 0 aliphatic rings. The van der Waals surface area contributed by atoms with E-state index in [1.54, 1.807) is 6.07 Å². The second-order valence-electron chi connectivity index (χ2n) is 5.57. The third-order valence-electron chi connectivity index (χ3n) is 3.64. The van der Waals surface area contributed by atoms with Crippen molar-refractivity contribution in [2.75, 3.05) is 13.2 Å². The van der Waals surface area contributed by atoms with Crippen LogP contribution in [0, 0.1) is 0 Å². The second-order valence-corrected chi connectivity index (χ2v) is 5.57. The van der Waals surface area contributed by atoms with Crippen LogP contribution >= 0.6 is 0 Å². The van der Waals surface area contributed by atoms with Crippen LogP contribution in [0.5, 0.6) is 5.88 Å². The summed E-state index contributed by atoms with van der Waals surface area (Å²) in [5.41, 5.74) is 2.84. The molecule has 0 aliphatic carbocycles. The average Bonchev–Trinajstić information content (AvgIpc) is 2.71. The van der Waals surface area contributed by atoms with E-state index in [0.29, 0.717) is 25.6 Å². The Bertz CT molecular complexity index is 808. The van der Waals surface area contributed by atoms with Gasteiger partial charge in [-0.25, -0.2) is 4.79 Å². The quantitative estimate of drug-likeness (QED) is 0.644. The molecule has 0 saturated heterocycles.